The number of aryl methyl sites for hydroxylation is 2. The first-order valence-corrected chi connectivity index (χ1v) is 13.0. The number of aliphatic carboxylic acids is 1. The van der Waals surface area contributed by atoms with Crippen LogP contribution in [0.4, 0.5) is 5.95 Å². The second-order valence-corrected chi connectivity index (χ2v) is 10.1. The van der Waals surface area contributed by atoms with Crippen LogP contribution in [0.5, 0.6) is 5.75 Å². The van der Waals surface area contributed by atoms with Gasteiger partial charge in [0.25, 0.3) is 5.91 Å². The minimum atomic E-state index is -0.765. The summed E-state index contributed by atoms with van der Waals surface area (Å²) in [5, 5.41) is 21.0. The quantitative estimate of drug-likeness (QED) is 0.381. The van der Waals surface area contributed by atoms with Crippen molar-refractivity contribution < 1.29 is 19.4 Å². The summed E-state index contributed by atoms with van der Waals surface area (Å²) in [6.07, 6.45) is 5.92. The van der Waals surface area contributed by atoms with E-state index in [1.165, 1.54) is 0 Å². The molecule has 2 atom stereocenters. The number of aromatic nitrogens is 6. The van der Waals surface area contributed by atoms with E-state index in [2.05, 4.69) is 25.6 Å². The standard InChI is InChI=1S/C26H32N8O4/c1-14-22(38-17-8-4-7-16(11-17)25(36)37)10-9-18(29-14)23-21(34(2)33-32-23)13-28-26-30-19(15-5-3-6-15)12-20(31-26)24(27)35/h9-10,12,15-17H,3-8,11,13H2,1-2H3,(H2,27,35)(H,36,37)(H,28,30,31)/t16-,17-/m0/s1. The van der Waals surface area contributed by atoms with Gasteiger partial charge in [0.15, 0.2) is 0 Å². The van der Waals surface area contributed by atoms with Crippen LogP contribution in [0, 0.1) is 12.8 Å². The normalized spacial score (nSPS) is 19.5. The van der Waals surface area contributed by atoms with E-state index in [4.69, 9.17) is 15.5 Å². The zero-order chi connectivity index (χ0) is 26.8. The molecule has 0 bridgehead atoms. The molecule has 2 aliphatic rings. The van der Waals surface area contributed by atoms with Gasteiger partial charge in [-0.3, -0.25) is 9.59 Å². The summed E-state index contributed by atoms with van der Waals surface area (Å²) in [6.45, 7) is 2.17. The number of ether oxygens (including phenoxy) is 1. The van der Waals surface area contributed by atoms with Gasteiger partial charge in [-0.25, -0.2) is 19.6 Å². The summed E-state index contributed by atoms with van der Waals surface area (Å²) in [5.74, 6) is -0.440. The summed E-state index contributed by atoms with van der Waals surface area (Å²) in [5.41, 5.74) is 9.20. The van der Waals surface area contributed by atoms with E-state index >= 15 is 0 Å². The minimum absolute atomic E-state index is 0.145. The number of carbonyl (C=O) groups excluding carboxylic acids is 1. The average Bonchev–Trinajstić information content (AvgIpc) is 3.23. The molecule has 12 heteroatoms. The first kappa shape index (κ1) is 25.6. The van der Waals surface area contributed by atoms with Gasteiger partial charge < -0.3 is 20.9 Å². The number of hydrogen-bond donors (Lipinski definition) is 3. The van der Waals surface area contributed by atoms with Crippen LogP contribution in [0.2, 0.25) is 0 Å². The van der Waals surface area contributed by atoms with Crippen LogP contribution in [0.1, 0.15) is 78.4 Å². The highest BCUT2D eigenvalue weighted by atomic mass is 16.5. The molecule has 4 N–H and O–H groups in total. The van der Waals surface area contributed by atoms with Gasteiger partial charge in [-0.15, -0.1) is 5.10 Å². The molecule has 5 rings (SSSR count). The topological polar surface area (TPSA) is 171 Å². The monoisotopic (exact) mass is 520 g/mol. The Hall–Kier alpha value is -4.09. The van der Waals surface area contributed by atoms with Crippen molar-refractivity contribution in [2.24, 2.45) is 18.7 Å². The summed E-state index contributed by atoms with van der Waals surface area (Å²) < 4.78 is 7.79. The summed E-state index contributed by atoms with van der Waals surface area (Å²) in [4.78, 5) is 36.8. The van der Waals surface area contributed by atoms with Crippen molar-refractivity contribution in [2.45, 2.75) is 70.4 Å². The van der Waals surface area contributed by atoms with Gasteiger partial charge in [0.1, 0.15) is 17.1 Å². The number of carboxylic acid groups (broad SMARTS) is 1. The van der Waals surface area contributed by atoms with Crippen LogP contribution in [-0.2, 0) is 18.4 Å². The smallest absolute Gasteiger partial charge is 0.306 e. The van der Waals surface area contributed by atoms with E-state index in [1.807, 2.05) is 19.1 Å². The Morgan fingerprint density at radius 2 is 1.95 bits per heavy atom. The number of amides is 1. The molecule has 2 fully saturated rings. The third-order valence-corrected chi connectivity index (χ3v) is 7.43. The van der Waals surface area contributed by atoms with E-state index in [0.717, 1.165) is 43.5 Å². The lowest BCUT2D eigenvalue weighted by atomic mass is 9.82. The largest absolute Gasteiger partial charge is 0.489 e. The number of anilines is 1. The van der Waals surface area contributed by atoms with E-state index in [0.29, 0.717) is 54.1 Å². The number of carbonyl (C=O) groups is 2. The van der Waals surface area contributed by atoms with Crippen molar-refractivity contribution in [3.63, 3.8) is 0 Å². The lowest BCUT2D eigenvalue weighted by molar-refractivity contribution is -0.143. The van der Waals surface area contributed by atoms with Crippen molar-refractivity contribution in [1.29, 1.82) is 0 Å². The van der Waals surface area contributed by atoms with Gasteiger partial charge in [0, 0.05) is 18.7 Å². The number of primary amides is 1. The third-order valence-electron chi connectivity index (χ3n) is 7.43. The Balaban J connectivity index is 1.32. The van der Waals surface area contributed by atoms with Crippen LogP contribution < -0.4 is 15.8 Å². The second-order valence-electron chi connectivity index (χ2n) is 10.1. The first-order valence-electron chi connectivity index (χ1n) is 13.0. The van der Waals surface area contributed by atoms with Crippen molar-refractivity contribution in [2.75, 3.05) is 5.32 Å². The molecule has 12 nitrogen and oxygen atoms in total. The number of carboxylic acids is 1. The number of nitrogens with zero attached hydrogens (tertiary/aromatic N) is 6. The zero-order valence-electron chi connectivity index (χ0n) is 21.6. The maximum Gasteiger partial charge on any atom is 0.306 e. The molecule has 1 amide bonds. The molecule has 0 saturated heterocycles. The van der Waals surface area contributed by atoms with Crippen molar-refractivity contribution in [3.05, 3.63) is 41.0 Å². The highest BCUT2D eigenvalue weighted by molar-refractivity contribution is 5.91. The van der Waals surface area contributed by atoms with E-state index < -0.39 is 11.9 Å². The maximum absolute atomic E-state index is 11.8. The Morgan fingerprint density at radius 3 is 2.63 bits per heavy atom. The summed E-state index contributed by atoms with van der Waals surface area (Å²) in [6, 6.07) is 5.35. The number of nitrogens with one attached hydrogen (secondary N) is 1. The highest BCUT2D eigenvalue weighted by Gasteiger charge is 2.29. The van der Waals surface area contributed by atoms with Crippen LogP contribution >= 0.6 is 0 Å². The lowest BCUT2D eigenvalue weighted by Gasteiger charge is -2.27. The molecule has 2 aliphatic carbocycles. The van der Waals surface area contributed by atoms with Gasteiger partial charge in [0.05, 0.1) is 35.6 Å². The molecule has 3 heterocycles. The molecule has 2 saturated carbocycles. The number of pyridine rings is 1. The molecule has 3 aromatic heterocycles. The van der Waals surface area contributed by atoms with Crippen LogP contribution in [0.25, 0.3) is 11.4 Å². The SMILES string of the molecule is Cc1nc(-c2nnn(C)c2CNc2nc(C(N)=O)cc(C3CCC3)n2)ccc1O[C@H]1CCC[C@H](C(=O)O)C1. The maximum atomic E-state index is 11.8. The van der Waals surface area contributed by atoms with Gasteiger partial charge in [-0.2, -0.15) is 0 Å². The molecule has 0 aromatic carbocycles. The Labute approximate surface area is 220 Å². The fourth-order valence-corrected chi connectivity index (χ4v) is 4.98. The Morgan fingerprint density at radius 1 is 1.16 bits per heavy atom. The molecule has 38 heavy (non-hydrogen) atoms. The van der Waals surface area contributed by atoms with Crippen LogP contribution in [0.15, 0.2) is 18.2 Å². The molecular weight excluding hydrogens is 488 g/mol. The number of hydrogen-bond acceptors (Lipinski definition) is 9. The second kappa shape index (κ2) is 10.7. The molecule has 0 unspecified atom stereocenters. The summed E-state index contributed by atoms with van der Waals surface area (Å²) >= 11 is 0. The van der Waals surface area contributed by atoms with Gasteiger partial charge in [0.2, 0.25) is 5.95 Å². The predicted octanol–water partition coefficient (Wildman–Crippen LogP) is 2.98. The van der Waals surface area contributed by atoms with Gasteiger partial charge in [-0.1, -0.05) is 11.6 Å². The number of rotatable bonds is 9. The van der Waals surface area contributed by atoms with Gasteiger partial charge in [-0.05, 0) is 63.6 Å². The van der Waals surface area contributed by atoms with E-state index in [-0.39, 0.29) is 17.7 Å². The van der Waals surface area contributed by atoms with E-state index in [9.17, 15) is 14.7 Å². The fraction of sp³-hybridized carbons (Fsp3) is 0.500. The lowest BCUT2D eigenvalue weighted by Crippen LogP contribution is -2.29. The van der Waals surface area contributed by atoms with Crippen molar-refractivity contribution in [1.82, 2.24) is 29.9 Å². The molecule has 0 spiro atoms. The molecule has 3 aromatic rings. The Bertz CT molecular complexity index is 1350. The zero-order valence-corrected chi connectivity index (χ0v) is 21.6. The molecule has 0 aliphatic heterocycles. The fourth-order valence-electron chi connectivity index (χ4n) is 4.98. The minimum Gasteiger partial charge on any atom is -0.489 e. The highest BCUT2D eigenvalue weighted by Crippen LogP contribution is 2.36. The number of nitrogens with two attached hydrogens (primary N) is 1. The van der Waals surface area contributed by atoms with Crippen LogP contribution in [-0.4, -0.2) is 53.0 Å². The molecular formula is C26H32N8O4. The van der Waals surface area contributed by atoms with Gasteiger partial charge >= 0.3 is 5.97 Å². The average molecular weight is 521 g/mol. The molecule has 0 radical (unpaired) electrons. The van der Waals surface area contributed by atoms with Crippen LogP contribution in [0.3, 0.4) is 0 Å². The van der Waals surface area contributed by atoms with E-state index in [1.54, 1.807) is 17.8 Å². The first-order chi connectivity index (χ1) is 18.3. The summed E-state index contributed by atoms with van der Waals surface area (Å²) in [7, 11) is 1.79. The van der Waals surface area contributed by atoms with Crippen molar-refractivity contribution in [3.8, 4) is 17.1 Å². The molecule has 200 valence electrons. The predicted molar refractivity (Wildman–Crippen MR) is 137 cm³/mol. The Kier molecular flexibility index (Phi) is 7.21. The third kappa shape index (κ3) is 5.43. The van der Waals surface area contributed by atoms with Crippen molar-refractivity contribution >= 4 is 17.8 Å².